The van der Waals surface area contributed by atoms with Crippen LogP contribution in [-0.4, -0.2) is 18.1 Å². The Balaban J connectivity index is 2.28. The van der Waals surface area contributed by atoms with Crippen LogP contribution in [0.5, 0.6) is 0 Å². The molecule has 0 spiro atoms. The van der Waals surface area contributed by atoms with Crippen LogP contribution in [-0.2, 0) is 0 Å². The fourth-order valence-corrected chi connectivity index (χ4v) is 1.94. The van der Waals surface area contributed by atoms with Crippen LogP contribution in [0.3, 0.4) is 0 Å². The van der Waals surface area contributed by atoms with Crippen LogP contribution >= 0.6 is 0 Å². The highest BCUT2D eigenvalue weighted by molar-refractivity contribution is 4.87. The summed E-state index contributed by atoms with van der Waals surface area (Å²) < 4.78 is 0. The fourth-order valence-electron chi connectivity index (χ4n) is 1.94. The molecule has 1 heterocycles. The number of nitrogens with two attached hydrogens (primary N) is 1. The topological polar surface area (TPSA) is 38.0 Å². The normalized spacial score (nSPS) is 36.8. The van der Waals surface area contributed by atoms with Crippen LogP contribution in [0.4, 0.5) is 0 Å². The predicted octanol–water partition coefficient (Wildman–Crippen LogP) is 1.64. The van der Waals surface area contributed by atoms with E-state index < -0.39 is 0 Å². The van der Waals surface area contributed by atoms with Gasteiger partial charge >= 0.3 is 0 Å². The molecule has 1 aliphatic rings. The second-order valence-corrected chi connectivity index (χ2v) is 4.06. The van der Waals surface area contributed by atoms with E-state index in [-0.39, 0.29) is 0 Å². The van der Waals surface area contributed by atoms with Crippen LogP contribution in [0.15, 0.2) is 0 Å². The monoisotopic (exact) mass is 170 g/mol. The van der Waals surface area contributed by atoms with E-state index in [2.05, 4.69) is 19.2 Å². The van der Waals surface area contributed by atoms with Gasteiger partial charge in [0.25, 0.3) is 0 Å². The molecule has 3 unspecified atom stereocenters. The van der Waals surface area contributed by atoms with Crippen molar-refractivity contribution < 1.29 is 0 Å². The third-order valence-corrected chi connectivity index (χ3v) is 2.82. The zero-order chi connectivity index (χ0) is 8.97. The summed E-state index contributed by atoms with van der Waals surface area (Å²) in [5.74, 6) is 0. The predicted molar refractivity (Wildman–Crippen MR) is 53.1 cm³/mol. The molecule has 0 aromatic carbocycles. The Bertz CT molecular complexity index is 125. The first kappa shape index (κ1) is 10.0. The fraction of sp³-hybridized carbons (Fsp3) is 1.00. The minimum absolute atomic E-state index is 0.396. The van der Waals surface area contributed by atoms with E-state index >= 15 is 0 Å². The molecule has 2 heteroatoms. The zero-order valence-electron chi connectivity index (χ0n) is 8.34. The van der Waals surface area contributed by atoms with Crippen LogP contribution in [0.25, 0.3) is 0 Å². The first-order chi connectivity index (χ1) is 5.74. The van der Waals surface area contributed by atoms with E-state index in [1.165, 1.54) is 32.1 Å². The Labute approximate surface area is 75.9 Å². The van der Waals surface area contributed by atoms with Gasteiger partial charge in [-0.3, -0.25) is 0 Å². The maximum atomic E-state index is 6.02. The number of unbranched alkanes of at least 4 members (excludes halogenated alkanes) is 1. The average molecular weight is 170 g/mol. The standard InChI is InChI=1S/C10H22N2/c1-3-4-5-10-9(11)7-6-8(2)12-10/h8-10,12H,3-7,11H2,1-2H3. The highest BCUT2D eigenvalue weighted by atomic mass is 15.0. The molecule has 0 aromatic heterocycles. The molecule has 0 bridgehead atoms. The summed E-state index contributed by atoms with van der Waals surface area (Å²) in [7, 11) is 0. The lowest BCUT2D eigenvalue weighted by molar-refractivity contribution is 0.280. The molecular formula is C10H22N2. The summed E-state index contributed by atoms with van der Waals surface area (Å²) in [6.45, 7) is 4.49. The van der Waals surface area contributed by atoms with Crippen molar-refractivity contribution in [2.45, 2.75) is 64.1 Å². The zero-order valence-corrected chi connectivity index (χ0v) is 8.34. The van der Waals surface area contributed by atoms with E-state index in [1.54, 1.807) is 0 Å². The highest BCUT2D eigenvalue weighted by Crippen LogP contribution is 2.15. The van der Waals surface area contributed by atoms with Crippen LogP contribution in [0, 0.1) is 0 Å². The van der Waals surface area contributed by atoms with Crippen molar-refractivity contribution in [3.8, 4) is 0 Å². The van der Waals surface area contributed by atoms with E-state index in [1.807, 2.05) is 0 Å². The molecule has 3 atom stereocenters. The lowest BCUT2D eigenvalue weighted by atomic mass is 9.92. The number of hydrogen-bond acceptors (Lipinski definition) is 2. The van der Waals surface area contributed by atoms with Gasteiger partial charge in [0.15, 0.2) is 0 Å². The van der Waals surface area contributed by atoms with Gasteiger partial charge in [-0.25, -0.2) is 0 Å². The van der Waals surface area contributed by atoms with Crippen molar-refractivity contribution in [1.29, 1.82) is 0 Å². The second-order valence-electron chi connectivity index (χ2n) is 4.06. The van der Waals surface area contributed by atoms with Crippen LogP contribution in [0.1, 0.15) is 46.0 Å². The molecular weight excluding hydrogens is 148 g/mol. The molecule has 12 heavy (non-hydrogen) atoms. The molecule has 72 valence electrons. The quantitative estimate of drug-likeness (QED) is 0.676. The molecule has 1 aliphatic heterocycles. The Morgan fingerprint density at radius 3 is 2.83 bits per heavy atom. The molecule has 2 nitrogen and oxygen atoms in total. The highest BCUT2D eigenvalue weighted by Gasteiger charge is 2.23. The summed E-state index contributed by atoms with van der Waals surface area (Å²) in [6, 6.07) is 1.65. The van der Waals surface area contributed by atoms with E-state index in [9.17, 15) is 0 Å². The first-order valence-corrected chi connectivity index (χ1v) is 5.25. The number of piperidine rings is 1. The van der Waals surface area contributed by atoms with E-state index in [4.69, 9.17) is 5.73 Å². The summed E-state index contributed by atoms with van der Waals surface area (Å²) in [4.78, 5) is 0. The lowest BCUT2D eigenvalue weighted by Crippen LogP contribution is -2.52. The molecule has 1 saturated heterocycles. The van der Waals surface area contributed by atoms with Gasteiger partial charge in [0.2, 0.25) is 0 Å². The third kappa shape index (κ3) is 2.76. The van der Waals surface area contributed by atoms with Gasteiger partial charge in [-0.2, -0.15) is 0 Å². The largest absolute Gasteiger partial charge is 0.326 e. The van der Waals surface area contributed by atoms with Gasteiger partial charge in [-0.05, 0) is 26.2 Å². The Hall–Kier alpha value is -0.0800. The van der Waals surface area contributed by atoms with Gasteiger partial charge in [0.1, 0.15) is 0 Å². The molecule has 1 rings (SSSR count). The summed E-state index contributed by atoms with van der Waals surface area (Å²) in [6.07, 6.45) is 6.27. The Kier molecular flexibility index (Phi) is 4.02. The average Bonchev–Trinajstić information content (AvgIpc) is 2.07. The minimum atomic E-state index is 0.396. The van der Waals surface area contributed by atoms with Crippen molar-refractivity contribution in [2.24, 2.45) is 5.73 Å². The van der Waals surface area contributed by atoms with Gasteiger partial charge < -0.3 is 11.1 Å². The minimum Gasteiger partial charge on any atom is -0.326 e. The first-order valence-electron chi connectivity index (χ1n) is 5.25. The maximum absolute atomic E-state index is 6.02. The molecule has 3 N–H and O–H groups in total. The van der Waals surface area contributed by atoms with Crippen molar-refractivity contribution in [2.75, 3.05) is 0 Å². The van der Waals surface area contributed by atoms with Gasteiger partial charge in [-0.1, -0.05) is 19.8 Å². The molecule has 0 aliphatic carbocycles. The van der Waals surface area contributed by atoms with E-state index in [0.29, 0.717) is 18.1 Å². The van der Waals surface area contributed by atoms with Gasteiger partial charge in [0, 0.05) is 18.1 Å². The third-order valence-electron chi connectivity index (χ3n) is 2.82. The van der Waals surface area contributed by atoms with Crippen molar-refractivity contribution >= 4 is 0 Å². The molecule has 1 fully saturated rings. The summed E-state index contributed by atoms with van der Waals surface area (Å²) in [5, 5.41) is 3.58. The number of rotatable bonds is 3. The van der Waals surface area contributed by atoms with Crippen molar-refractivity contribution in [3.05, 3.63) is 0 Å². The van der Waals surface area contributed by atoms with Crippen molar-refractivity contribution in [3.63, 3.8) is 0 Å². The number of nitrogens with one attached hydrogen (secondary N) is 1. The smallest absolute Gasteiger partial charge is 0.0221 e. The molecule has 0 aromatic rings. The van der Waals surface area contributed by atoms with Crippen LogP contribution < -0.4 is 11.1 Å². The van der Waals surface area contributed by atoms with Gasteiger partial charge in [-0.15, -0.1) is 0 Å². The summed E-state index contributed by atoms with van der Waals surface area (Å²) >= 11 is 0. The molecule has 0 radical (unpaired) electrons. The van der Waals surface area contributed by atoms with Crippen LogP contribution in [0.2, 0.25) is 0 Å². The second kappa shape index (κ2) is 4.83. The van der Waals surface area contributed by atoms with Crippen molar-refractivity contribution in [1.82, 2.24) is 5.32 Å². The van der Waals surface area contributed by atoms with Gasteiger partial charge in [0.05, 0.1) is 0 Å². The molecule has 0 amide bonds. The maximum Gasteiger partial charge on any atom is 0.0221 e. The lowest BCUT2D eigenvalue weighted by Gasteiger charge is -2.34. The summed E-state index contributed by atoms with van der Waals surface area (Å²) in [5.41, 5.74) is 6.02. The Morgan fingerprint density at radius 2 is 2.17 bits per heavy atom. The van der Waals surface area contributed by atoms with E-state index in [0.717, 1.165) is 0 Å². The number of hydrogen-bond donors (Lipinski definition) is 2. The Morgan fingerprint density at radius 1 is 1.42 bits per heavy atom. The SMILES string of the molecule is CCCCC1NC(C)CCC1N. The molecule has 0 saturated carbocycles.